The van der Waals surface area contributed by atoms with Gasteiger partial charge in [-0.05, 0) is 19.1 Å². The van der Waals surface area contributed by atoms with Crippen molar-refractivity contribution in [3.8, 4) is 0 Å². The van der Waals surface area contributed by atoms with Crippen molar-refractivity contribution in [2.24, 2.45) is 0 Å². The molecule has 0 atom stereocenters. The molecule has 3 rings (SSSR count). The molecule has 3 aromatic rings. The average Bonchev–Trinajstić information content (AvgIpc) is 2.99. The molecule has 0 aliphatic rings. The van der Waals surface area contributed by atoms with Gasteiger partial charge in [0.1, 0.15) is 12.0 Å². The first kappa shape index (κ1) is 16.5. The Morgan fingerprint density at radius 3 is 2.68 bits per heavy atom. The fourth-order valence-electron chi connectivity index (χ4n) is 2.21. The van der Waals surface area contributed by atoms with Crippen LogP contribution in [0.15, 0.2) is 35.4 Å². The van der Waals surface area contributed by atoms with Crippen molar-refractivity contribution < 1.29 is 18.0 Å². The van der Waals surface area contributed by atoms with Crippen LogP contribution in [0.1, 0.15) is 11.3 Å². The molecule has 0 fully saturated rings. The lowest BCUT2D eigenvalue weighted by Crippen LogP contribution is -2.28. The van der Waals surface area contributed by atoms with Gasteiger partial charge in [-0.3, -0.25) is 9.89 Å². The third kappa shape index (κ3) is 3.16. The number of fused-ring (bicyclic) bond motifs is 1. The number of nitrogens with zero attached hydrogens (tertiary/aromatic N) is 3. The highest BCUT2D eigenvalue weighted by Gasteiger charge is 2.33. The molecule has 0 spiro atoms. The Labute approximate surface area is 137 Å². The number of para-hydroxylation sites is 1. The molecule has 0 unspecified atom stereocenters. The first-order valence-corrected chi connectivity index (χ1v) is 6.94. The Morgan fingerprint density at radius 1 is 1.24 bits per heavy atom. The van der Waals surface area contributed by atoms with Crippen LogP contribution < -0.4 is 16.2 Å². The van der Waals surface area contributed by atoms with Crippen LogP contribution >= 0.6 is 0 Å². The fourth-order valence-corrected chi connectivity index (χ4v) is 2.21. The summed E-state index contributed by atoms with van der Waals surface area (Å²) in [6, 6.07) is 3.51. The largest absolute Gasteiger partial charge is 0.418 e. The monoisotopic (exact) mass is 352 g/mol. The number of carbonyl (C=O) groups excluding carboxylic acids is 1. The molecule has 2 aromatic heterocycles. The number of halogens is 3. The SMILES string of the molecule is Cc1nc2nc[nH]n2c(=O)c1NC(=O)Nc1ccccc1C(F)(F)F. The number of rotatable bonds is 2. The van der Waals surface area contributed by atoms with Gasteiger partial charge in [-0.25, -0.2) is 14.8 Å². The number of urea groups is 1. The quantitative estimate of drug-likeness (QED) is 0.659. The fraction of sp³-hybridized carbons (Fsp3) is 0.143. The van der Waals surface area contributed by atoms with E-state index in [4.69, 9.17) is 0 Å². The van der Waals surface area contributed by atoms with Gasteiger partial charge in [0.15, 0.2) is 0 Å². The lowest BCUT2D eigenvalue weighted by atomic mass is 10.1. The minimum atomic E-state index is -4.63. The number of carbonyl (C=O) groups is 1. The predicted molar refractivity (Wildman–Crippen MR) is 82.4 cm³/mol. The molecule has 0 aliphatic heterocycles. The third-order valence-electron chi connectivity index (χ3n) is 3.33. The van der Waals surface area contributed by atoms with Gasteiger partial charge in [0.05, 0.1) is 16.9 Å². The zero-order valence-electron chi connectivity index (χ0n) is 12.7. The number of aryl methyl sites for hydroxylation is 1. The summed E-state index contributed by atoms with van der Waals surface area (Å²) < 4.78 is 39.8. The second-order valence-corrected chi connectivity index (χ2v) is 5.02. The van der Waals surface area contributed by atoms with Gasteiger partial charge in [0.25, 0.3) is 11.3 Å². The van der Waals surface area contributed by atoms with Gasteiger partial charge in [-0.2, -0.15) is 17.7 Å². The summed E-state index contributed by atoms with van der Waals surface area (Å²) in [6.07, 6.45) is -3.39. The normalized spacial score (nSPS) is 11.5. The smallest absolute Gasteiger partial charge is 0.307 e. The number of alkyl halides is 3. The predicted octanol–water partition coefficient (Wildman–Crippen LogP) is 2.39. The van der Waals surface area contributed by atoms with Crippen molar-refractivity contribution in [3.63, 3.8) is 0 Å². The molecule has 25 heavy (non-hydrogen) atoms. The summed E-state index contributed by atoms with van der Waals surface area (Å²) in [7, 11) is 0. The van der Waals surface area contributed by atoms with Crippen LogP contribution in [-0.2, 0) is 6.18 Å². The van der Waals surface area contributed by atoms with Crippen molar-refractivity contribution in [1.82, 2.24) is 19.6 Å². The van der Waals surface area contributed by atoms with E-state index in [-0.39, 0.29) is 17.2 Å². The summed E-state index contributed by atoms with van der Waals surface area (Å²) in [4.78, 5) is 32.1. The average molecular weight is 352 g/mol. The van der Waals surface area contributed by atoms with Crippen LogP contribution in [0.2, 0.25) is 0 Å². The van der Waals surface area contributed by atoms with Gasteiger partial charge >= 0.3 is 12.2 Å². The topological polar surface area (TPSA) is 104 Å². The summed E-state index contributed by atoms with van der Waals surface area (Å²) in [5.74, 6) is 0.107. The maximum absolute atomic E-state index is 12.9. The molecule has 130 valence electrons. The zero-order chi connectivity index (χ0) is 18.2. The standard InChI is InChI=1S/C14H11F3N6O2/c1-7-10(11(24)23-12(20-7)18-6-19-23)22-13(25)21-9-5-3-2-4-8(9)14(15,16)17/h2-6H,1H3,(H,18,19,20)(H2,21,22,25). The molecule has 1 aromatic carbocycles. The van der Waals surface area contributed by atoms with E-state index >= 15 is 0 Å². The molecular formula is C14H11F3N6O2. The Morgan fingerprint density at radius 2 is 1.96 bits per heavy atom. The van der Waals surface area contributed by atoms with Crippen LogP contribution in [0.25, 0.3) is 5.78 Å². The maximum atomic E-state index is 12.9. The highest BCUT2D eigenvalue weighted by Crippen LogP contribution is 2.34. The molecular weight excluding hydrogens is 341 g/mol. The van der Waals surface area contributed by atoms with Gasteiger partial charge < -0.3 is 10.6 Å². The van der Waals surface area contributed by atoms with E-state index in [1.165, 1.54) is 25.4 Å². The van der Waals surface area contributed by atoms with Crippen molar-refractivity contribution in [3.05, 3.63) is 52.2 Å². The Balaban J connectivity index is 1.89. The third-order valence-corrected chi connectivity index (χ3v) is 3.33. The number of anilines is 2. The molecule has 0 saturated carbocycles. The van der Waals surface area contributed by atoms with Crippen molar-refractivity contribution in [2.45, 2.75) is 13.1 Å². The summed E-state index contributed by atoms with van der Waals surface area (Å²) in [6.45, 7) is 1.47. The summed E-state index contributed by atoms with van der Waals surface area (Å²) >= 11 is 0. The number of aromatic amines is 1. The molecule has 2 amide bonds. The zero-order valence-corrected chi connectivity index (χ0v) is 12.7. The number of amides is 2. The van der Waals surface area contributed by atoms with E-state index in [1.54, 1.807) is 0 Å². The Hall–Kier alpha value is -3.37. The van der Waals surface area contributed by atoms with E-state index in [1.807, 2.05) is 0 Å². The van der Waals surface area contributed by atoms with Crippen LogP contribution in [0, 0.1) is 6.92 Å². The number of nitrogens with one attached hydrogen (secondary N) is 3. The van der Waals surface area contributed by atoms with Crippen molar-refractivity contribution in [2.75, 3.05) is 10.6 Å². The summed E-state index contributed by atoms with van der Waals surface area (Å²) in [5, 5.41) is 6.83. The van der Waals surface area contributed by atoms with Crippen LogP contribution in [-0.4, -0.2) is 25.6 Å². The number of benzene rings is 1. The van der Waals surface area contributed by atoms with E-state index in [2.05, 4.69) is 25.7 Å². The number of hydrogen-bond donors (Lipinski definition) is 3. The van der Waals surface area contributed by atoms with E-state index in [0.29, 0.717) is 0 Å². The van der Waals surface area contributed by atoms with E-state index in [9.17, 15) is 22.8 Å². The first-order valence-electron chi connectivity index (χ1n) is 6.94. The van der Waals surface area contributed by atoms with Gasteiger partial charge in [0.2, 0.25) is 0 Å². The second kappa shape index (κ2) is 5.92. The molecule has 0 saturated heterocycles. The highest BCUT2D eigenvalue weighted by molar-refractivity contribution is 6.00. The lowest BCUT2D eigenvalue weighted by molar-refractivity contribution is -0.136. The molecule has 0 aliphatic carbocycles. The van der Waals surface area contributed by atoms with Gasteiger partial charge in [-0.15, -0.1) is 0 Å². The molecule has 0 radical (unpaired) electrons. The van der Waals surface area contributed by atoms with Crippen LogP contribution in [0.4, 0.5) is 29.3 Å². The Bertz CT molecular complexity index is 1010. The molecule has 0 bridgehead atoms. The highest BCUT2D eigenvalue weighted by atomic mass is 19.4. The first-order chi connectivity index (χ1) is 11.8. The minimum absolute atomic E-state index is 0.107. The minimum Gasteiger partial charge on any atom is -0.307 e. The molecule has 11 heteroatoms. The summed E-state index contributed by atoms with van der Waals surface area (Å²) in [5.41, 5.74) is -2.07. The molecule has 8 nitrogen and oxygen atoms in total. The van der Waals surface area contributed by atoms with Crippen molar-refractivity contribution >= 4 is 23.2 Å². The van der Waals surface area contributed by atoms with Crippen LogP contribution in [0.3, 0.4) is 0 Å². The van der Waals surface area contributed by atoms with Crippen molar-refractivity contribution in [1.29, 1.82) is 0 Å². The second-order valence-electron chi connectivity index (χ2n) is 5.02. The van der Waals surface area contributed by atoms with Crippen LogP contribution in [0.5, 0.6) is 0 Å². The Kier molecular flexibility index (Phi) is 3.91. The van der Waals surface area contributed by atoms with E-state index < -0.39 is 29.0 Å². The number of H-pyrrole nitrogens is 1. The van der Waals surface area contributed by atoms with Gasteiger partial charge in [0, 0.05) is 0 Å². The lowest BCUT2D eigenvalue weighted by Gasteiger charge is -2.14. The maximum Gasteiger partial charge on any atom is 0.418 e. The van der Waals surface area contributed by atoms with E-state index in [0.717, 1.165) is 16.6 Å². The number of hydrogen-bond acceptors (Lipinski definition) is 4. The molecule has 2 heterocycles. The van der Waals surface area contributed by atoms with Gasteiger partial charge in [-0.1, -0.05) is 12.1 Å². The number of aromatic nitrogens is 4. The molecule has 3 N–H and O–H groups in total.